The Balaban J connectivity index is 1.45. The topological polar surface area (TPSA) is 82.1 Å². The quantitative estimate of drug-likeness (QED) is 0.318. The van der Waals surface area contributed by atoms with E-state index in [0.717, 1.165) is 47.4 Å². The standard InChI is InChI=1S/C30H40BrN3O4/c1-3-13-30(4-2,14-19-35)20-28(36)32-21-29(37)34-17-15-33(16-18-34)22-25-7-5-6-8-27(25)38-23-24-9-11-26(31)12-10-24/h3,5-12,35H,1,4,13-23H2,2H3,(H,32,36). The molecule has 8 heteroatoms. The van der Waals surface area contributed by atoms with Gasteiger partial charge < -0.3 is 20.1 Å². The number of para-hydroxylation sites is 1. The van der Waals surface area contributed by atoms with Gasteiger partial charge in [0.05, 0.1) is 6.54 Å². The monoisotopic (exact) mass is 585 g/mol. The average molecular weight is 587 g/mol. The lowest BCUT2D eigenvalue weighted by atomic mass is 9.76. The maximum atomic E-state index is 12.8. The van der Waals surface area contributed by atoms with Crippen molar-refractivity contribution >= 4 is 27.7 Å². The zero-order valence-electron chi connectivity index (χ0n) is 22.3. The highest BCUT2D eigenvalue weighted by atomic mass is 79.9. The molecule has 1 aliphatic rings. The van der Waals surface area contributed by atoms with Crippen LogP contribution in [0.4, 0.5) is 0 Å². The van der Waals surface area contributed by atoms with Gasteiger partial charge in [0.1, 0.15) is 12.4 Å². The first-order chi connectivity index (χ1) is 18.4. The summed E-state index contributed by atoms with van der Waals surface area (Å²) in [6, 6.07) is 16.2. The van der Waals surface area contributed by atoms with Crippen LogP contribution in [0.3, 0.4) is 0 Å². The minimum atomic E-state index is -0.312. The molecule has 38 heavy (non-hydrogen) atoms. The molecule has 1 saturated heterocycles. The molecule has 0 spiro atoms. The van der Waals surface area contributed by atoms with E-state index < -0.39 is 0 Å². The van der Waals surface area contributed by atoms with E-state index in [1.54, 1.807) is 6.08 Å². The zero-order valence-corrected chi connectivity index (χ0v) is 23.9. The molecule has 2 N–H and O–H groups in total. The Kier molecular flexibility index (Phi) is 11.8. The molecule has 2 amide bonds. The van der Waals surface area contributed by atoms with Crippen molar-refractivity contribution in [3.8, 4) is 5.75 Å². The summed E-state index contributed by atoms with van der Waals surface area (Å²) in [4.78, 5) is 29.5. The number of carbonyl (C=O) groups excluding carboxylic acids is 2. The van der Waals surface area contributed by atoms with Crippen molar-refractivity contribution in [2.24, 2.45) is 5.41 Å². The van der Waals surface area contributed by atoms with Crippen molar-refractivity contribution in [1.82, 2.24) is 15.1 Å². The fraction of sp³-hybridized carbons (Fsp3) is 0.467. The first-order valence-electron chi connectivity index (χ1n) is 13.3. The Hall–Kier alpha value is -2.68. The third-order valence-electron chi connectivity index (χ3n) is 7.34. The smallest absolute Gasteiger partial charge is 0.242 e. The summed E-state index contributed by atoms with van der Waals surface area (Å²) in [6.07, 6.45) is 4.04. The van der Waals surface area contributed by atoms with Gasteiger partial charge in [0, 0.05) is 55.8 Å². The van der Waals surface area contributed by atoms with Crippen LogP contribution in [0.25, 0.3) is 0 Å². The number of nitrogens with zero attached hydrogens (tertiary/aromatic N) is 2. The van der Waals surface area contributed by atoms with Crippen LogP contribution in [0.5, 0.6) is 5.75 Å². The lowest BCUT2D eigenvalue weighted by Gasteiger charge is -2.35. The SMILES string of the molecule is C=CCC(CC)(CCO)CC(=O)NCC(=O)N1CCN(Cc2ccccc2OCc2ccc(Br)cc2)CC1. The lowest BCUT2D eigenvalue weighted by molar-refractivity contribution is -0.135. The molecule has 1 unspecified atom stereocenters. The molecule has 3 rings (SSSR count). The average Bonchev–Trinajstić information content (AvgIpc) is 2.93. The molecule has 1 heterocycles. The number of aliphatic hydroxyl groups excluding tert-OH is 1. The predicted molar refractivity (Wildman–Crippen MR) is 154 cm³/mol. The third-order valence-corrected chi connectivity index (χ3v) is 7.87. The molecule has 0 radical (unpaired) electrons. The molecule has 2 aromatic carbocycles. The van der Waals surface area contributed by atoms with Crippen LogP contribution in [0.15, 0.2) is 65.7 Å². The van der Waals surface area contributed by atoms with Gasteiger partial charge >= 0.3 is 0 Å². The highest BCUT2D eigenvalue weighted by Gasteiger charge is 2.30. The lowest BCUT2D eigenvalue weighted by Crippen LogP contribution is -2.51. The van der Waals surface area contributed by atoms with E-state index in [0.29, 0.717) is 32.5 Å². The normalized spacial score (nSPS) is 15.5. The number of ether oxygens (including phenoxy) is 1. The number of halogens is 1. The van der Waals surface area contributed by atoms with E-state index >= 15 is 0 Å². The predicted octanol–water partition coefficient (Wildman–Crippen LogP) is 4.53. The highest BCUT2D eigenvalue weighted by molar-refractivity contribution is 9.10. The van der Waals surface area contributed by atoms with Gasteiger partial charge in [-0.2, -0.15) is 0 Å². The van der Waals surface area contributed by atoms with Crippen LogP contribution in [-0.2, 0) is 22.7 Å². The molecule has 2 aromatic rings. The molecule has 1 atom stereocenters. The van der Waals surface area contributed by atoms with Gasteiger partial charge in [0.25, 0.3) is 0 Å². The second-order valence-electron chi connectivity index (χ2n) is 9.95. The van der Waals surface area contributed by atoms with Gasteiger partial charge in [-0.05, 0) is 48.4 Å². The van der Waals surface area contributed by atoms with Crippen molar-refractivity contribution in [2.75, 3.05) is 39.3 Å². The van der Waals surface area contributed by atoms with Gasteiger partial charge in [-0.15, -0.1) is 6.58 Å². The van der Waals surface area contributed by atoms with E-state index in [4.69, 9.17) is 4.74 Å². The summed E-state index contributed by atoms with van der Waals surface area (Å²) < 4.78 is 7.17. The molecule has 206 valence electrons. The molecule has 0 bridgehead atoms. The van der Waals surface area contributed by atoms with Crippen molar-refractivity contribution in [3.05, 3.63) is 76.8 Å². The molecular weight excluding hydrogens is 546 g/mol. The maximum Gasteiger partial charge on any atom is 0.242 e. The van der Waals surface area contributed by atoms with Crippen molar-refractivity contribution in [1.29, 1.82) is 0 Å². The number of hydrogen-bond acceptors (Lipinski definition) is 5. The number of hydrogen-bond donors (Lipinski definition) is 2. The Morgan fingerprint density at radius 1 is 1.13 bits per heavy atom. The second-order valence-corrected chi connectivity index (χ2v) is 10.9. The first kappa shape index (κ1) is 29.9. The Morgan fingerprint density at radius 2 is 1.84 bits per heavy atom. The number of nitrogens with one attached hydrogen (secondary N) is 1. The van der Waals surface area contributed by atoms with Crippen LogP contribution in [0.2, 0.25) is 0 Å². The van der Waals surface area contributed by atoms with Crippen molar-refractivity contribution in [3.63, 3.8) is 0 Å². The molecule has 7 nitrogen and oxygen atoms in total. The van der Waals surface area contributed by atoms with E-state index in [1.165, 1.54) is 0 Å². The molecule has 1 aliphatic heterocycles. The molecule has 0 aliphatic carbocycles. The summed E-state index contributed by atoms with van der Waals surface area (Å²) in [5.74, 6) is 0.649. The zero-order chi connectivity index (χ0) is 27.4. The second kappa shape index (κ2) is 15.0. The van der Waals surface area contributed by atoms with E-state index in [-0.39, 0.29) is 36.8 Å². The summed E-state index contributed by atoms with van der Waals surface area (Å²) in [5, 5.41) is 12.2. The van der Waals surface area contributed by atoms with Crippen LogP contribution >= 0.6 is 15.9 Å². The molecule has 0 aromatic heterocycles. The maximum absolute atomic E-state index is 12.8. The van der Waals surface area contributed by atoms with Gasteiger partial charge in [0.15, 0.2) is 0 Å². The number of carbonyl (C=O) groups is 2. The Bertz CT molecular complexity index is 1050. The van der Waals surface area contributed by atoms with E-state index in [1.807, 2.05) is 54.3 Å². The number of aliphatic hydroxyl groups is 1. The van der Waals surface area contributed by atoms with Crippen molar-refractivity contribution in [2.45, 2.75) is 45.8 Å². The van der Waals surface area contributed by atoms with Crippen LogP contribution in [0.1, 0.15) is 43.7 Å². The number of rotatable bonds is 14. The minimum Gasteiger partial charge on any atom is -0.489 e. The molecular formula is C30H40BrN3O4. The third kappa shape index (κ3) is 8.96. The Labute approximate surface area is 235 Å². The number of piperazine rings is 1. The van der Waals surface area contributed by atoms with Crippen LogP contribution in [-0.4, -0.2) is 66.1 Å². The van der Waals surface area contributed by atoms with E-state index in [2.05, 4.69) is 38.8 Å². The summed E-state index contributed by atoms with van der Waals surface area (Å²) in [6.45, 7) is 9.86. The van der Waals surface area contributed by atoms with Gasteiger partial charge in [-0.3, -0.25) is 14.5 Å². The molecule has 0 saturated carbocycles. The number of benzene rings is 2. The summed E-state index contributed by atoms with van der Waals surface area (Å²) in [7, 11) is 0. The summed E-state index contributed by atoms with van der Waals surface area (Å²) >= 11 is 3.46. The minimum absolute atomic E-state index is 0.00142. The number of allylic oxidation sites excluding steroid dienone is 1. The van der Waals surface area contributed by atoms with Crippen LogP contribution < -0.4 is 10.1 Å². The van der Waals surface area contributed by atoms with Gasteiger partial charge in [-0.1, -0.05) is 59.3 Å². The highest BCUT2D eigenvalue weighted by Crippen LogP contribution is 2.34. The largest absolute Gasteiger partial charge is 0.489 e. The first-order valence-corrected chi connectivity index (χ1v) is 14.1. The fourth-order valence-corrected chi connectivity index (χ4v) is 5.12. The fourth-order valence-electron chi connectivity index (χ4n) is 4.85. The molecule has 1 fully saturated rings. The number of amides is 2. The van der Waals surface area contributed by atoms with Crippen molar-refractivity contribution < 1.29 is 19.4 Å². The van der Waals surface area contributed by atoms with Crippen LogP contribution in [0, 0.1) is 5.41 Å². The van der Waals surface area contributed by atoms with Gasteiger partial charge in [0.2, 0.25) is 11.8 Å². The van der Waals surface area contributed by atoms with Gasteiger partial charge in [-0.25, -0.2) is 0 Å². The summed E-state index contributed by atoms with van der Waals surface area (Å²) in [5.41, 5.74) is 1.92. The van der Waals surface area contributed by atoms with E-state index in [9.17, 15) is 14.7 Å². The Morgan fingerprint density at radius 3 is 2.50 bits per heavy atom.